The predicted octanol–water partition coefficient (Wildman–Crippen LogP) is 2.60. The van der Waals surface area contributed by atoms with E-state index in [2.05, 4.69) is 13.0 Å². The van der Waals surface area contributed by atoms with Gasteiger partial charge in [-0.3, -0.25) is 0 Å². The fourth-order valence-corrected chi connectivity index (χ4v) is 2.06. The third kappa shape index (κ3) is 1.13. The van der Waals surface area contributed by atoms with Crippen molar-refractivity contribution in [2.75, 3.05) is 0 Å². The van der Waals surface area contributed by atoms with Crippen LogP contribution >= 0.6 is 11.6 Å². The summed E-state index contributed by atoms with van der Waals surface area (Å²) in [6.45, 7) is 2.06. The van der Waals surface area contributed by atoms with Crippen LogP contribution in [-0.4, -0.2) is 0 Å². The van der Waals surface area contributed by atoms with Gasteiger partial charge in [-0.2, -0.15) is 0 Å². The van der Waals surface area contributed by atoms with Crippen molar-refractivity contribution in [3.8, 4) is 0 Å². The quantitative estimate of drug-likeness (QED) is 0.708. The molecule has 1 aromatic rings. The standard InChI is InChI=1S/C10H12ClN/c1-7-3-2-4-8(11)9(7)10(12)5-6-10/h2-4H,5-6,12H2,1H3. The largest absolute Gasteiger partial charge is 0.321 e. The van der Waals surface area contributed by atoms with Crippen LogP contribution in [0.3, 0.4) is 0 Å². The van der Waals surface area contributed by atoms with Crippen LogP contribution in [0, 0.1) is 6.92 Å². The molecule has 2 N–H and O–H groups in total. The molecular formula is C10H12ClN. The fourth-order valence-electron chi connectivity index (χ4n) is 1.65. The molecule has 12 heavy (non-hydrogen) atoms. The molecule has 1 aromatic carbocycles. The Morgan fingerprint density at radius 1 is 1.42 bits per heavy atom. The molecule has 0 saturated heterocycles. The molecule has 0 unspecified atom stereocenters. The molecule has 0 radical (unpaired) electrons. The van der Waals surface area contributed by atoms with Crippen LogP contribution in [0.25, 0.3) is 0 Å². The molecule has 0 aromatic heterocycles. The van der Waals surface area contributed by atoms with Crippen LogP contribution in [0.1, 0.15) is 24.0 Å². The first kappa shape index (κ1) is 8.09. The van der Waals surface area contributed by atoms with Gasteiger partial charge in [-0.05, 0) is 37.0 Å². The molecule has 0 aliphatic heterocycles. The van der Waals surface area contributed by atoms with Gasteiger partial charge in [-0.25, -0.2) is 0 Å². The van der Waals surface area contributed by atoms with Crippen molar-refractivity contribution in [2.45, 2.75) is 25.3 Å². The van der Waals surface area contributed by atoms with Crippen molar-refractivity contribution in [1.29, 1.82) is 0 Å². The topological polar surface area (TPSA) is 26.0 Å². The summed E-state index contributed by atoms with van der Waals surface area (Å²) in [5.74, 6) is 0. The highest BCUT2D eigenvalue weighted by atomic mass is 35.5. The zero-order valence-corrected chi connectivity index (χ0v) is 7.86. The van der Waals surface area contributed by atoms with Gasteiger partial charge in [0.05, 0.1) is 0 Å². The number of aryl methyl sites for hydroxylation is 1. The summed E-state index contributed by atoms with van der Waals surface area (Å²) in [7, 11) is 0. The summed E-state index contributed by atoms with van der Waals surface area (Å²) in [6, 6.07) is 5.94. The van der Waals surface area contributed by atoms with Crippen LogP contribution in [0.2, 0.25) is 5.02 Å². The molecule has 64 valence electrons. The highest BCUT2D eigenvalue weighted by molar-refractivity contribution is 6.31. The van der Waals surface area contributed by atoms with Gasteiger partial charge in [0.1, 0.15) is 0 Å². The Kier molecular flexibility index (Phi) is 1.67. The second kappa shape index (κ2) is 2.48. The molecule has 1 aliphatic carbocycles. The minimum atomic E-state index is -0.109. The van der Waals surface area contributed by atoms with E-state index in [1.807, 2.05) is 12.1 Å². The van der Waals surface area contributed by atoms with Gasteiger partial charge in [0.25, 0.3) is 0 Å². The molecule has 0 heterocycles. The number of hydrogen-bond acceptors (Lipinski definition) is 1. The lowest BCUT2D eigenvalue weighted by Crippen LogP contribution is -2.20. The van der Waals surface area contributed by atoms with Crippen LogP contribution in [0.5, 0.6) is 0 Å². The fraction of sp³-hybridized carbons (Fsp3) is 0.400. The summed E-state index contributed by atoms with van der Waals surface area (Å²) in [6.07, 6.45) is 2.13. The Bertz CT molecular complexity index is 295. The van der Waals surface area contributed by atoms with E-state index in [-0.39, 0.29) is 5.54 Å². The van der Waals surface area contributed by atoms with Gasteiger partial charge in [-0.15, -0.1) is 0 Å². The monoisotopic (exact) mass is 181 g/mol. The minimum Gasteiger partial charge on any atom is -0.321 e. The average Bonchev–Trinajstić information content (AvgIpc) is 2.68. The Balaban J connectivity index is 2.55. The van der Waals surface area contributed by atoms with E-state index in [0.717, 1.165) is 23.4 Å². The maximum absolute atomic E-state index is 6.09. The lowest BCUT2D eigenvalue weighted by Gasteiger charge is -2.14. The molecule has 1 saturated carbocycles. The Morgan fingerprint density at radius 3 is 2.58 bits per heavy atom. The first-order valence-corrected chi connectivity index (χ1v) is 4.56. The van der Waals surface area contributed by atoms with E-state index in [9.17, 15) is 0 Å². The number of benzene rings is 1. The first-order valence-electron chi connectivity index (χ1n) is 4.18. The number of rotatable bonds is 1. The summed E-state index contributed by atoms with van der Waals surface area (Å²) in [5.41, 5.74) is 8.33. The van der Waals surface area contributed by atoms with Crippen molar-refractivity contribution >= 4 is 11.6 Å². The minimum absolute atomic E-state index is 0.109. The van der Waals surface area contributed by atoms with Crippen LogP contribution in [-0.2, 0) is 5.54 Å². The Labute approximate surface area is 77.5 Å². The van der Waals surface area contributed by atoms with E-state index >= 15 is 0 Å². The second-order valence-electron chi connectivity index (χ2n) is 3.59. The molecule has 1 nitrogen and oxygen atoms in total. The predicted molar refractivity (Wildman–Crippen MR) is 51.3 cm³/mol. The van der Waals surface area contributed by atoms with Gasteiger partial charge in [0.2, 0.25) is 0 Å². The van der Waals surface area contributed by atoms with Gasteiger partial charge in [0.15, 0.2) is 0 Å². The Morgan fingerprint density at radius 2 is 2.08 bits per heavy atom. The van der Waals surface area contributed by atoms with Gasteiger partial charge >= 0.3 is 0 Å². The highest BCUT2D eigenvalue weighted by Crippen LogP contribution is 2.46. The van der Waals surface area contributed by atoms with E-state index in [1.54, 1.807) is 0 Å². The van der Waals surface area contributed by atoms with Crippen molar-refractivity contribution in [2.24, 2.45) is 5.73 Å². The molecule has 2 rings (SSSR count). The lowest BCUT2D eigenvalue weighted by molar-refractivity contribution is 0.733. The maximum atomic E-state index is 6.09. The van der Waals surface area contributed by atoms with Gasteiger partial charge in [0, 0.05) is 10.6 Å². The Hall–Kier alpha value is -0.530. The van der Waals surface area contributed by atoms with E-state index in [4.69, 9.17) is 17.3 Å². The molecule has 1 aliphatic rings. The van der Waals surface area contributed by atoms with Crippen LogP contribution < -0.4 is 5.73 Å². The molecule has 2 heteroatoms. The molecular weight excluding hydrogens is 170 g/mol. The van der Waals surface area contributed by atoms with Crippen molar-refractivity contribution < 1.29 is 0 Å². The average molecular weight is 182 g/mol. The number of halogens is 1. The molecule has 0 atom stereocenters. The van der Waals surface area contributed by atoms with E-state index < -0.39 is 0 Å². The zero-order valence-electron chi connectivity index (χ0n) is 7.10. The van der Waals surface area contributed by atoms with Crippen molar-refractivity contribution in [3.63, 3.8) is 0 Å². The SMILES string of the molecule is Cc1cccc(Cl)c1C1(N)CC1. The number of nitrogens with two attached hydrogens (primary N) is 1. The maximum Gasteiger partial charge on any atom is 0.0459 e. The van der Waals surface area contributed by atoms with Crippen molar-refractivity contribution in [3.05, 3.63) is 34.3 Å². The molecule has 0 bridgehead atoms. The van der Waals surface area contributed by atoms with Crippen LogP contribution in [0.4, 0.5) is 0 Å². The normalized spacial score (nSPS) is 19.2. The van der Waals surface area contributed by atoms with Gasteiger partial charge < -0.3 is 5.73 Å². The van der Waals surface area contributed by atoms with E-state index in [1.165, 1.54) is 5.56 Å². The summed E-state index contributed by atoms with van der Waals surface area (Å²) in [5, 5.41) is 0.815. The molecule has 1 fully saturated rings. The number of hydrogen-bond donors (Lipinski definition) is 1. The summed E-state index contributed by atoms with van der Waals surface area (Å²) in [4.78, 5) is 0. The second-order valence-corrected chi connectivity index (χ2v) is 4.00. The molecule has 0 amide bonds. The highest BCUT2D eigenvalue weighted by Gasteiger charge is 2.42. The van der Waals surface area contributed by atoms with Crippen molar-refractivity contribution in [1.82, 2.24) is 0 Å². The summed E-state index contributed by atoms with van der Waals surface area (Å²) < 4.78 is 0. The third-order valence-corrected chi connectivity index (χ3v) is 2.82. The third-order valence-electron chi connectivity index (χ3n) is 2.51. The summed E-state index contributed by atoms with van der Waals surface area (Å²) >= 11 is 6.07. The smallest absolute Gasteiger partial charge is 0.0459 e. The molecule has 0 spiro atoms. The van der Waals surface area contributed by atoms with Gasteiger partial charge in [-0.1, -0.05) is 23.7 Å². The van der Waals surface area contributed by atoms with E-state index in [0.29, 0.717) is 0 Å². The van der Waals surface area contributed by atoms with Crippen LogP contribution in [0.15, 0.2) is 18.2 Å². The first-order chi connectivity index (χ1) is 5.63. The zero-order chi connectivity index (χ0) is 8.77. The lowest BCUT2D eigenvalue weighted by atomic mass is 10.0.